The molecule has 1 saturated heterocycles. The Morgan fingerprint density at radius 1 is 1.09 bits per heavy atom. The number of nitrogens with zero attached hydrogens (tertiary/aromatic N) is 2. The second-order valence-electron chi connectivity index (χ2n) is 9.49. The number of oxazole rings is 1. The first-order chi connectivity index (χ1) is 16.9. The standard InChI is InChI=1S/C29H36N2O4/c1-5-29(28(32)33-6-2)16-7-17-31(20-29)18-23-10-14-25(15-11-23)34-19-26-22(4)35-27(30-26)24-12-8-21(3)9-13-24/h8-15H,5-7,16-20H2,1-4H3. The van der Waals surface area contributed by atoms with Crippen LogP contribution in [-0.4, -0.2) is 35.5 Å². The van der Waals surface area contributed by atoms with Gasteiger partial charge in [0, 0.05) is 18.7 Å². The summed E-state index contributed by atoms with van der Waals surface area (Å²) in [5, 5.41) is 0. The zero-order valence-corrected chi connectivity index (χ0v) is 21.3. The average molecular weight is 477 g/mol. The predicted octanol–water partition coefficient (Wildman–Crippen LogP) is 6.09. The molecule has 0 N–H and O–H groups in total. The molecule has 0 saturated carbocycles. The Labute approximate surface area is 208 Å². The van der Waals surface area contributed by atoms with E-state index in [9.17, 15) is 4.79 Å². The largest absolute Gasteiger partial charge is 0.487 e. The van der Waals surface area contributed by atoms with Gasteiger partial charge < -0.3 is 13.9 Å². The van der Waals surface area contributed by atoms with Crippen molar-refractivity contribution >= 4 is 5.97 Å². The van der Waals surface area contributed by atoms with Crippen molar-refractivity contribution in [3.63, 3.8) is 0 Å². The first-order valence-corrected chi connectivity index (χ1v) is 12.6. The summed E-state index contributed by atoms with van der Waals surface area (Å²) in [5.74, 6) is 2.12. The summed E-state index contributed by atoms with van der Waals surface area (Å²) >= 11 is 0. The highest BCUT2D eigenvalue weighted by Gasteiger charge is 2.41. The molecule has 1 atom stereocenters. The van der Waals surface area contributed by atoms with E-state index in [1.165, 1.54) is 11.1 Å². The second-order valence-corrected chi connectivity index (χ2v) is 9.49. The summed E-state index contributed by atoms with van der Waals surface area (Å²) in [7, 11) is 0. The molecule has 35 heavy (non-hydrogen) atoms. The van der Waals surface area contributed by atoms with Gasteiger partial charge in [-0.1, -0.05) is 36.8 Å². The molecule has 3 aromatic rings. The molecule has 6 heteroatoms. The molecule has 1 unspecified atom stereocenters. The summed E-state index contributed by atoms with van der Waals surface area (Å²) in [6.07, 6.45) is 2.72. The van der Waals surface area contributed by atoms with Gasteiger partial charge in [0.1, 0.15) is 23.8 Å². The van der Waals surface area contributed by atoms with E-state index in [2.05, 4.69) is 48.0 Å². The van der Waals surface area contributed by atoms with Gasteiger partial charge in [-0.2, -0.15) is 0 Å². The van der Waals surface area contributed by atoms with Crippen LogP contribution < -0.4 is 4.74 Å². The van der Waals surface area contributed by atoms with Crippen LogP contribution in [0.2, 0.25) is 0 Å². The van der Waals surface area contributed by atoms with Crippen molar-refractivity contribution in [3.05, 3.63) is 71.1 Å². The Morgan fingerprint density at radius 3 is 2.51 bits per heavy atom. The summed E-state index contributed by atoms with van der Waals surface area (Å²) in [6, 6.07) is 16.3. The lowest BCUT2D eigenvalue weighted by molar-refractivity contribution is -0.159. The van der Waals surface area contributed by atoms with Crippen LogP contribution in [0, 0.1) is 19.3 Å². The van der Waals surface area contributed by atoms with E-state index in [4.69, 9.17) is 13.9 Å². The van der Waals surface area contributed by atoms with E-state index >= 15 is 0 Å². The third kappa shape index (κ3) is 5.93. The molecule has 4 rings (SSSR count). The fourth-order valence-corrected chi connectivity index (χ4v) is 4.73. The Kier molecular flexibility index (Phi) is 7.91. The van der Waals surface area contributed by atoms with Crippen molar-refractivity contribution in [2.45, 2.75) is 60.1 Å². The van der Waals surface area contributed by atoms with Gasteiger partial charge in [0.05, 0.1) is 12.0 Å². The lowest BCUT2D eigenvalue weighted by Crippen LogP contribution is -2.47. The number of aromatic nitrogens is 1. The lowest BCUT2D eigenvalue weighted by Gasteiger charge is -2.40. The Bertz CT molecular complexity index is 1120. The number of benzene rings is 2. The fraction of sp³-hybridized carbons (Fsp3) is 0.448. The van der Waals surface area contributed by atoms with Gasteiger partial charge >= 0.3 is 5.97 Å². The zero-order chi connectivity index (χ0) is 24.8. The molecule has 0 spiro atoms. The third-order valence-corrected chi connectivity index (χ3v) is 6.94. The van der Waals surface area contributed by atoms with Crippen LogP contribution in [0.3, 0.4) is 0 Å². The molecule has 1 aliphatic heterocycles. The molecule has 2 heterocycles. The van der Waals surface area contributed by atoms with Gasteiger partial charge in [0.25, 0.3) is 0 Å². The molecule has 0 bridgehead atoms. The molecule has 0 radical (unpaired) electrons. The van der Waals surface area contributed by atoms with Gasteiger partial charge in [0.2, 0.25) is 5.89 Å². The minimum Gasteiger partial charge on any atom is -0.487 e. The molecule has 2 aromatic carbocycles. The van der Waals surface area contributed by atoms with Crippen LogP contribution in [-0.2, 0) is 22.7 Å². The lowest BCUT2D eigenvalue weighted by atomic mass is 9.77. The van der Waals surface area contributed by atoms with Crippen molar-refractivity contribution in [1.29, 1.82) is 0 Å². The quantitative estimate of drug-likeness (QED) is 0.348. The van der Waals surface area contributed by atoms with Crippen LogP contribution >= 0.6 is 0 Å². The number of likely N-dealkylation sites (tertiary alicyclic amines) is 1. The number of carbonyl (C=O) groups excluding carboxylic acids is 1. The summed E-state index contributed by atoms with van der Waals surface area (Å²) in [6.45, 7) is 11.3. The normalized spacial score (nSPS) is 18.4. The first kappa shape index (κ1) is 25.0. The van der Waals surface area contributed by atoms with Gasteiger partial charge in [-0.05, 0) is 76.4 Å². The highest BCUT2D eigenvalue weighted by Crippen LogP contribution is 2.35. The Balaban J connectivity index is 1.34. The topological polar surface area (TPSA) is 64.8 Å². The number of hydrogen-bond acceptors (Lipinski definition) is 6. The Morgan fingerprint density at radius 2 is 1.83 bits per heavy atom. The van der Waals surface area contributed by atoms with Crippen LogP contribution in [0.15, 0.2) is 52.9 Å². The van der Waals surface area contributed by atoms with Crippen LogP contribution in [0.4, 0.5) is 0 Å². The van der Waals surface area contributed by atoms with E-state index in [0.29, 0.717) is 19.1 Å². The van der Waals surface area contributed by atoms with E-state index in [1.54, 1.807) is 0 Å². The smallest absolute Gasteiger partial charge is 0.313 e. The van der Waals surface area contributed by atoms with E-state index in [1.807, 2.05) is 38.1 Å². The molecular weight excluding hydrogens is 440 g/mol. The van der Waals surface area contributed by atoms with E-state index in [-0.39, 0.29) is 11.4 Å². The minimum atomic E-state index is -0.385. The first-order valence-electron chi connectivity index (χ1n) is 12.6. The zero-order valence-electron chi connectivity index (χ0n) is 21.3. The minimum absolute atomic E-state index is 0.0513. The van der Waals surface area contributed by atoms with Crippen LogP contribution in [0.25, 0.3) is 11.5 Å². The SMILES string of the molecule is CCOC(=O)C1(CC)CCCN(Cc2ccc(OCc3nc(-c4ccc(C)cc4)oc3C)cc2)C1. The number of esters is 1. The number of hydrogen-bond donors (Lipinski definition) is 0. The van der Waals surface area contributed by atoms with Crippen molar-refractivity contribution in [2.24, 2.45) is 5.41 Å². The van der Waals surface area contributed by atoms with Gasteiger partial charge in [0.15, 0.2) is 0 Å². The van der Waals surface area contributed by atoms with Crippen LogP contribution in [0.1, 0.15) is 55.7 Å². The number of piperidine rings is 1. The number of rotatable bonds is 9. The van der Waals surface area contributed by atoms with E-state index in [0.717, 1.165) is 61.7 Å². The van der Waals surface area contributed by atoms with Crippen molar-refractivity contribution in [1.82, 2.24) is 9.88 Å². The highest BCUT2D eigenvalue weighted by molar-refractivity contribution is 5.77. The maximum atomic E-state index is 12.6. The summed E-state index contributed by atoms with van der Waals surface area (Å²) < 4.78 is 17.3. The van der Waals surface area contributed by atoms with Gasteiger partial charge in [-0.3, -0.25) is 9.69 Å². The van der Waals surface area contributed by atoms with Gasteiger partial charge in [-0.25, -0.2) is 4.98 Å². The average Bonchev–Trinajstić information content (AvgIpc) is 3.24. The molecule has 0 amide bonds. The Hall–Kier alpha value is -3.12. The summed E-state index contributed by atoms with van der Waals surface area (Å²) in [5.41, 5.74) is 3.78. The van der Waals surface area contributed by atoms with Crippen LogP contribution in [0.5, 0.6) is 5.75 Å². The molecule has 1 aromatic heterocycles. The highest BCUT2D eigenvalue weighted by atomic mass is 16.5. The van der Waals surface area contributed by atoms with E-state index < -0.39 is 0 Å². The van der Waals surface area contributed by atoms with Crippen molar-refractivity contribution in [3.8, 4) is 17.2 Å². The maximum Gasteiger partial charge on any atom is 0.313 e. The maximum absolute atomic E-state index is 12.6. The predicted molar refractivity (Wildman–Crippen MR) is 136 cm³/mol. The monoisotopic (exact) mass is 476 g/mol. The third-order valence-electron chi connectivity index (χ3n) is 6.94. The molecule has 1 fully saturated rings. The molecule has 1 aliphatic rings. The second kappa shape index (κ2) is 11.1. The number of aryl methyl sites for hydroxylation is 2. The molecule has 6 nitrogen and oxygen atoms in total. The molecule has 0 aliphatic carbocycles. The number of ether oxygens (including phenoxy) is 2. The van der Waals surface area contributed by atoms with Crippen molar-refractivity contribution < 1.29 is 18.7 Å². The fourth-order valence-electron chi connectivity index (χ4n) is 4.73. The van der Waals surface area contributed by atoms with Gasteiger partial charge in [-0.15, -0.1) is 0 Å². The molecular formula is C29H36N2O4. The molecule has 186 valence electrons. The number of carbonyl (C=O) groups is 1. The van der Waals surface area contributed by atoms with Crippen molar-refractivity contribution in [2.75, 3.05) is 19.7 Å². The summed E-state index contributed by atoms with van der Waals surface area (Å²) in [4.78, 5) is 19.6.